The lowest BCUT2D eigenvalue weighted by molar-refractivity contribution is 0.391. The van der Waals surface area contributed by atoms with Gasteiger partial charge in [-0.25, -0.2) is 0 Å². The number of nitrogens with one attached hydrogen (secondary N) is 1. The second kappa shape index (κ2) is 7.11. The number of aryl methyl sites for hydroxylation is 2. The number of hydrogen-bond acceptors (Lipinski definition) is 4. The van der Waals surface area contributed by atoms with Crippen LogP contribution < -0.4 is 5.32 Å². The third-order valence-corrected chi connectivity index (χ3v) is 3.78. The molecule has 0 amide bonds. The highest BCUT2D eigenvalue weighted by molar-refractivity contribution is 5.79. The van der Waals surface area contributed by atoms with Crippen LogP contribution >= 0.6 is 0 Å². The third-order valence-electron chi connectivity index (χ3n) is 3.78. The molecule has 120 valence electrons. The van der Waals surface area contributed by atoms with Crippen molar-refractivity contribution in [2.24, 2.45) is 12.0 Å². The van der Waals surface area contributed by atoms with Crippen molar-refractivity contribution in [3.8, 4) is 0 Å². The lowest BCUT2D eigenvalue weighted by atomic mass is 10.1. The predicted octanol–water partition coefficient (Wildman–Crippen LogP) is 1.27. The summed E-state index contributed by atoms with van der Waals surface area (Å²) in [5, 5.41) is 11.7. The molecule has 0 saturated heterocycles. The van der Waals surface area contributed by atoms with Crippen LogP contribution in [0.25, 0.3) is 0 Å². The summed E-state index contributed by atoms with van der Waals surface area (Å²) in [6, 6.07) is 1.85. The summed E-state index contributed by atoms with van der Waals surface area (Å²) in [6.45, 7) is 5.61. The Hall–Kier alpha value is -2.31. The smallest absolute Gasteiger partial charge is 0.193 e. The van der Waals surface area contributed by atoms with Gasteiger partial charge in [0.1, 0.15) is 12.0 Å². The normalized spacial score (nSPS) is 11.8. The van der Waals surface area contributed by atoms with Gasteiger partial charge in [0.25, 0.3) is 0 Å². The van der Waals surface area contributed by atoms with Crippen molar-refractivity contribution in [1.82, 2.24) is 25.2 Å². The van der Waals surface area contributed by atoms with Gasteiger partial charge in [0.15, 0.2) is 5.96 Å². The van der Waals surface area contributed by atoms with Crippen LogP contribution in [0.5, 0.6) is 0 Å². The van der Waals surface area contributed by atoms with Crippen LogP contribution in [0.1, 0.15) is 22.6 Å². The van der Waals surface area contributed by atoms with Gasteiger partial charge < -0.3 is 14.7 Å². The van der Waals surface area contributed by atoms with E-state index >= 15 is 0 Å². The van der Waals surface area contributed by atoms with Gasteiger partial charge in [-0.05, 0) is 25.8 Å². The van der Waals surface area contributed by atoms with Gasteiger partial charge in [-0.1, -0.05) is 5.16 Å². The highest BCUT2D eigenvalue weighted by Crippen LogP contribution is 2.11. The Labute approximate surface area is 131 Å². The van der Waals surface area contributed by atoms with Crippen LogP contribution in [0, 0.1) is 13.8 Å². The maximum absolute atomic E-state index is 4.85. The van der Waals surface area contributed by atoms with E-state index in [2.05, 4.69) is 27.5 Å². The first-order valence-electron chi connectivity index (χ1n) is 7.33. The highest BCUT2D eigenvalue weighted by Gasteiger charge is 2.11. The zero-order valence-electron chi connectivity index (χ0n) is 13.9. The van der Waals surface area contributed by atoms with Crippen LogP contribution in [0.15, 0.2) is 21.8 Å². The fourth-order valence-electron chi connectivity index (χ4n) is 2.50. The molecular weight excluding hydrogens is 280 g/mol. The molecule has 0 aliphatic heterocycles. The summed E-state index contributed by atoms with van der Waals surface area (Å²) in [6.07, 6.45) is 2.50. The standard InChI is InChI=1S/C15H24N6O/c1-11-14(12(2)21(5)18-11)6-8-17-15(16-3)20(4)10-13-7-9-22-19-13/h7,9H,6,8,10H2,1-5H3,(H,16,17). The van der Waals surface area contributed by atoms with Crippen molar-refractivity contribution in [2.75, 3.05) is 20.6 Å². The molecule has 0 unspecified atom stereocenters. The van der Waals surface area contributed by atoms with Crippen molar-refractivity contribution in [3.63, 3.8) is 0 Å². The molecule has 7 nitrogen and oxygen atoms in total. The Kier molecular flexibility index (Phi) is 5.19. The number of guanidine groups is 1. The Morgan fingerprint density at radius 2 is 2.23 bits per heavy atom. The van der Waals surface area contributed by atoms with E-state index < -0.39 is 0 Å². The van der Waals surface area contributed by atoms with Crippen LogP contribution in [0.4, 0.5) is 0 Å². The Morgan fingerprint density at radius 3 is 2.77 bits per heavy atom. The summed E-state index contributed by atoms with van der Waals surface area (Å²) in [5.74, 6) is 0.835. The molecule has 2 rings (SSSR count). The molecule has 0 atom stereocenters. The minimum absolute atomic E-state index is 0.654. The van der Waals surface area contributed by atoms with E-state index in [-0.39, 0.29) is 0 Å². The Morgan fingerprint density at radius 1 is 1.45 bits per heavy atom. The van der Waals surface area contributed by atoms with Gasteiger partial charge in [-0.15, -0.1) is 0 Å². The minimum Gasteiger partial charge on any atom is -0.364 e. The molecule has 2 aromatic heterocycles. The van der Waals surface area contributed by atoms with Crippen LogP contribution in [-0.2, 0) is 20.0 Å². The molecule has 2 aromatic rings. The molecular formula is C15H24N6O. The van der Waals surface area contributed by atoms with Gasteiger partial charge in [-0.3, -0.25) is 9.67 Å². The maximum atomic E-state index is 4.85. The van der Waals surface area contributed by atoms with Gasteiger partial charge in [-0.2, -0.15) is 5.10 Å². The molecule has 0 radical (unpaired) electrons. The molecule has 1 N–H and O–H groups in total. The molecule has 0 aromatic carbocycles. The average Bonchev–Trinajstić information content (AvgIpc) is 3.06. The summed E-state index contributed by atoms with van der Waals surface area (Å²) >= 11 is 0. The summed E-state index contributed by atoms with van der Waals surface area (Å²) < 4.78 is 6.78. The molecule has 0 aliphatic carbocycles. The Bertz CT molecular complexity index is 629. The van der Waals surface area contributed by atoms with E-state index in [1.165, 1.54) is 11.3 Å². The fourth-order valence-corrected chi connectivity index (χ4v) is 2.50. The first-order valence-corrected chi connectivity index (χ1v) is 7.33. The summed E-state index contributed by atoms with van der Waals surface area (Å²) in [5.41, 5.74) is 4.48. The average molecular weight is 304 g/mol. The number of aliphatic imine (C=N–C) groups is 1. The first kappa shape index (κ1) is 16.1. The van der Waals surface area contributed by atoms with Gasteiger partial charge in [0.05, 0.1) is 12.2 Å². The van der Waals surface area contributed by atoms with Gasteiger partial charge in [0, 0.05) is 39.4 Å². The highest BCUT2D eigenvalue weighted by atomic mass is 16.5. The zero-order valence-corrected chi connectivity index (χ0v) is 13.9. The molecule has 22 heavy (non-hydrogen) atoms. The van der Waals surface area contributed by atoms with Gasteiger partial charge >= 0.3 is 0 Å². The van der Waals surface area contributed by atoms with Crippen molar-refractivity contribution in [2.45, 2.75) is 26.8 Å². The number of aromatic nitrogens is 3. The van der Waals surface area contributed by atoms with E-state index in [1.54, 1.807) is 13.3 Å². The second-order valence-corrected chi connectivity index (χ2v) is 5.34. The first-order chi connectivity index (χ1) is 10.5. The topological polar surface area (TPSA) is 71.5 Å². The van der Waals surface area contributed by atoms with Crippen LogP contribution in [0.3, 0.4) is 0 Å². The second-order valence-electron chi connectivity index (χ2n) is 5.34. The lowest BCUT2D eigenvalue weighted by Crippen LogP contribution is -2.39. The number of nitrogens with zero attached hydrogens (tertiary/aromatic N) is 5. The molecule has 7 heteroatoms. The van der Waals surface area contributed by atoms with Crippen LogP contribution in [0.2, 0.25) is 0 Å². The minimum atomic E-state index is 0.654. The zero-order chi connectivity index (χ0) is 16.1. The van der Waals surface area contributed by atoms with Crippen molar-refractivity contribution in [3.05, 3.63) is 35.0 Å². The van der Waals surface area contributed by atoms with Crippen molar-refractivity contribution >= 4 is 5.96 Å². The monoisotopic (exact) mass is 304 g/mol. The molecule has 0 saturated carbocycles. The molecule has 0 bridgehead atoms. The summed E-state index contributed by atoms with van der Waals surface area (Å²) in [7, 11) is 5.73. The maximum Gasteiger partial charge on any atom is 0.193 e. The van der Waals surface area contributed by atoms with E-state index in [9.17, 15) is 0 Å². The predicted molar refractivity (Wildman–Crippen MR) is 85.7 cm³/mol. The molecule has 2 heterocycles. The third kappa shape index (κ3) is 3.66. The van der Waals surface area contributed by atoms with Crippen molar-refractivity contribution in [1.29, 1.82) is 0 Å². The van der Waals surface area contributed by atoms with E-state index in [0.717, 1.165) is 30.3 Å². The van der Waals surface area contributed by atoms with Crippen LogP contribution in [-0.4, -0.2) is 46.4 Å². The fraction of sp³-hybridized carbons (Fsp3) is 0.533. The molecule has 0 fully saturated rings. The molecule has 0 aliphatic rings. The molecule has 0 spiro atoms. The SMILES string of the molecule is CN=C(NCCc1c(C)nn(C)c1C)N(C)Cc1ccon1. The number of hydrogen-bond donors (Lipinski definition) is 1. The number of rotatable bonds is 5. The largest absolute Gasteiger partial charge is 0.364 e. The Balaban J connectivity index is 1.88. The summed E-state index contributed by atoms with van der Waals surface area (Å²) in [4.78, 5) is 6.32. The van der Waals surface area contributed by atoms with E-state index in [4.69, 9.17) is 4.52 Å². The quantitative estimate of drug-likeness (QED) is 0.665. The van der Waals surface area contributed by atoms with Gasteiger partial charge in [0.2, 0.25) is 0 Å². The van der Waals surface area contributed by atoms with E-state index in [0.29, 0.717) is 6.54 Å². The lowest BCUT2D eigenvalue weighted by Gasteiger charge is -2.21. The van der Waals surface area contributed by atoms with E-state index in [1.807, 2.05) is 36.7 Å². The van der Waals surface area contributed by atoms with Crippen molar-refractivity contribution < 1.29 is 4.52 Å².